The Labute approximate surface area is 259 Å². The molecule has 8 heteroatoms. The van der Waals surface area contributed by atoms with Gasteiger partial charge in [0.05, 0.1) is 14.2 Å². The van der Waals surface area contributed by atoms with Gasteiger partial charge in [-0.1, -0.05) is 71.9 Å². The smallest absolute Gasteiger partial charge is 0.275 e. The summed E-state index contributed by atoms with van der Waals surface area (Å²) in [7, 11) is 2.80. The van der Waals surface area contributed by atoms with Gasteiger partial charge in [0.15, 0.2) is 0 Å². The summed E-state index contributed by atoms with van der Waals surface area (Å²) < 4.78 is 36.8. The summed E-state index contributed by atoms with van der Waals surface area (Å²) in [6.07, 6.45) is 0. The van der Waals surface area contributed by atoms with E-state index < -0.39 is 0 Å². The Morgan fingerprint density at radius 2 is 0.953 bits per heavy atom. The number of hydrogen-bond donors (Lipinski definition) is 0. The van der Waals surface area contributed by atoms with E-state index in [2.05, 4.69) is 41.5 Å². The van der Waals surface area contributed by atoms with Gasteiger partial charge in [0.1, 0.15) is 34.5 Å². The van der Waals surface area contributed by atoms with Gasteiger partial charge in [0.25, 0.3) is 18.1 Å². The third-order valence-electron chi connectivity index (χ3n) is 6.84. The van der Waals surface area contributed by atoms with E-state index in [9.17, 15) is 0 Å². The first kappa shape index (κ1) is 32.5. The van der Waals surface area contributed by atoms with Crippen molar-refractivity contribution in [2.45, 2.75) is 59.3 Å². The van der Waals surface area contributed by atoms with Crippen molar-refractivity contribution in [2.24, 2.45) is 0 Å². The minimum atomic E-state index is -0.275. The molecule has 0 fully saturated rings. The van der Waals surface area contributed by atoms with Crippen LogP contribution in [0.4, 0.5) is 0 Å². The highest BCUT2D eigenvalue weighted by Crippen LogP contribution is 2.51. The van der Waals surface area contributed by atoms with Crippen LogP contribution in [-0.4, -0.2) is 14.2 Å². The highest BCUT2D eigenvalue weighted by atomic mass is 31.1. The van der Waals surface area contributed by atoms with Crippen molar-refractivity contribution in [1.82, 2.24) is 0 Å². The topological polar surface area (TPSA) is 55.4 Å². The average Bonchev–Trinajstić information content (AvgIpc) is 2.96. The molecule has 4 aromatic carbocycles. The van der Waals surface area contributed by atoms with Gasteiger partial charge in [-0.15, -0.1) is 0 Å². The second-order valence-corrected chi connectivity index (χ2v) is 13.5. The zero-order valence-electron chi connectivity index (χ0n) is 26.5. The maximum Gasteiger partial charge on any atom is 0.275 e. The molecule has 2 unspecified atom stereocenters. The maximum atomic E-state index is 6.54. The Morgan fingerprint density at radius 1 is 0.488 bits per heavy atom. The molecule has 43 heavy (non-hydrogen) atoms. The van der Waals surface area contributed by atoms with Crippen molar-refractivity contribution in [2.75, 3.05) is 14.2 Å². The molecule has 0 saturated heterocycles. The minimum Gasteiger partial charge on any atom is -0.497 e. The van der Waals surface area contributed by atoms with E-state index in [1.807, 2.05) is 85.8 Å². The molecular formula is C35H42O6P2. The van der Waals surface area contributed by atoms with Crippen LogP contribution in [0, 0.1) is 6.92 Å². The molecule has 0 aromatic heterocycles. The number of para-hydroxylation sites is 1. The van der Waals surface area contributed by atoms with Crippen molar-refractivity contribution in [3.63, 3.8) is 0 Å². The first-order valence-electron chi connectivity index (χ1n) is 14.1. The van der Waals surface area contributed by atoms with Crippen molar-refractivity contribution < 1.29 is 27.6 Å². The monoisotopic (exact) mass is 620 g/mol. The summed E-state index contributed by atoms with van der Waals surface area (Å²) in [4.78, 5) is 0. The Morgan fingerprint density at radius 3 is 1.40 bits per heavy atom. The molecule has 0 bridgehead atoms. The van der Waals surface area contributed by atoms with Crippen molar-refractivity contribution in [1.29, 1.82) is 0 Å². The van der Waals surface area contributed by atoms with Gasteiger partial charge in [-0.2, -0.15) is 0 Å². The summed E-state index contributed by atoms with van der Waals surface area (Å²) in [5, 5.41) is 0. The van der Waals surface area contributed by atoms with Gasteiger partial charge in [-0.05, 0) is 71.8 Å². The van der Waals surface area contributed by atoms with E-state index in [1.165, 1.54) is 0 Å². The van der Waals surface area contributed by atoms with Crippen LogP contribution in [0.5, 0.6) is 34.5 Å². The second-order valence-electron chi connectivity index (χ2n) is 12.3. The molecule has 228 valence electrons. The van der Waals surface area contributed by atoms with Gasteiger partial charge < -0.3 is 27.6 Å². The number of rotatable bonds is 11. The number of aryl methyl sites for hydroxylation is 1. The summed E-state index contributed by atoms with van der Waals surface area (Å²) >= 11 is 0. The molecule has 0 saturated carbocycles. The first-order valence-corrected chi connectivity index (χ1v) is 15.8. The highest BCUT2D eigenvalue weighted by molar-refractivity contribution is 7.27. The minimum absolute atomic E-state index is 0.265. The normalized spacial score (nSPS) is 12.1. The fourth-order valence-electron chi connectivity index (χ4n) is 4.56. The van der Waals surface area contributed by atoms with Crippen molar-refractivity contribution >= 4 is 18.1 Å². The standard InChI is InChI=1S/C35H42O6P2/c1-23-14-13-17-25(18-23)39-43-41-33-29(20-27(37-9)22-31(33)35(5,6)7)28-19-26(36-8)21-30(34(2,3)4)32(28)40-42-38-24-15-11-10-12-16-24/h10-22,42-43H,1-9H3. The van der Waals surface area contributed by atoms with Crippen LogP contribution in [0.2, 0.25) is 0 Å². The zero-order valence-corrected chi connectivity index (χ0v) is 28.5. The van der Waals surface area contributed by atoms with Crippen LogP contribution in [-0.2, 0) is 10.8 Å². The van der Waals surface area contributed by atoms with Crippen LogP contribution < -0.4 is 27.6 Å². The lowest BCUT2D eigenvalue weighted by Gasteiger charge is -2.28. The molecule has 6 nitrogen and oxygen atoms in total. The molecule has 0 spiro atoms. The Bertz CT molecular complexity index is 1520. The SMILES string of the molecule is COc1cc(-c2cc(OC)cc(C(C)(C)C)c2OPOc2cccc(C)c2)c(OPOc2ccccc2)c(C(C)(C)C)c1. The Hall–Kier alpha value is -3.46. The molecule has 0 aliphatic carbocycles. The molecule has 0 aliphatic heterocycles. The molecule has 0 aliphatic rings. The van der Waals surface area contributed by atoms with E-state index in [0.717, 1.165) is 39.3 Å². The highest BCUT2D eigenvalue weighted by Gasteiger charge is 2.29. The number of ether oxygens (including phenoxy) is 2. The number of hydrogen-bond acceptors (Lipinski definition) is 6. The first-order chi connectivity index (χ1) is 20.4. The number of benzene rings is 4. The van der Waals surface area contributed by atoms with Gasteiger partial charge in [-0.3, -0.25) is 0 Å². The van der Waals surface area contributed by atoms with Gasteiger partial charge in [0.2, 0.25) is 0 Å². The lowest BCUT2D eigenvalue weighted by molar-refractivity contribution is 0.409. The van der Waals surface area contributed by atoms with Crippen molar-refractivity contribution in [3.8, 4) is 45.6 Å². The fourth-order valence-corrected chi connectivity index (χ4v) is 5.71. The molecule has 0 N–H and O–H groups in total. The largest absolute Gasteiger partial charge is 0.497 e. The molecule has 4 rings (SSSR count). The summed E-state index contributed by atoms with van der Waals surface area (Å²) in [5.41, 5.74) is 4.18. The lowest BCUT2D eigenvalue weighted by atomic mass is 9.81. The van der Waals surface area contributed by atoms with E-state index in [4.69, 9.17) is 27.6 Å². The molecule has 0 radical (unpaired) electrons. The Kier molecular flexibility index (Phi) is 10.5. The summed E-state index contributed by atoms with van der Waals surface area (Å²) in [6.45, 7) is 15.0. The van der Waals surface area contributed by atoms with E-state index in [1.54, 1.807) is 14.2 Å². The maximum absolute atomic E-state index is 6.54. The average molecular weight is 621 g/mol. The predicted octanol–water partition coefficient (Wildman–Crippen LogP) is 10.2. The molecule has 2 atom stereocenters. The van der Waals surface area contributed by atoms with Crippen LogP contribution in [0.3, 0.4) is 0 Å². The molecule has 0 heterocycles. The van der Waals surface area contributed by atoms with E-state index >= 15 is 0 Å². The third kappa shape index (κ3) is 8.34. The number of methoxy groups -OCH3 is 2. The van der Waals surface area contributed by atoms with E-state index in [-0.39, 0.29) is 28.9 Å². The van der Waals surface area contributed by atoms with Gasteiger partial charge >= 0.3 is 0 Å². The fraction of sp³-hybridized carbons (Fsp3) is 0.314. The molecule has 0 amide bonds. The van der Waals surface area contributed by atoms with Crippen LogP contribution in [0.15, 0.2) is 78.9 Å². The van der Waals surface area contributed by atoms with Gasteiger partial charge in [-0.25, -0.2) is 0 Å². The van der Waals surface area contributed by atoms with Crippen LogP contribution in [0.1, 0.15) is 58.2 Å². The summed E-state index contributed by atoms with van der Waals surface area (Å²) in [6, 6.07) is 25.6. The van der Waals surface area contributed by atoms with E-state index in [0.29, 0.717) is 23.0 Å². The van der Waals surface area contributed by atoms with Crippen LogP contribution >= 0.6 is 18.1 Å². The quantitative estimate of drug-likeness (QED) is 0.156. The second kappa shape index (κ2) is 13.9. The molecular weight excluding hydrogens is 578 g/mol. The lowest BCUT2D eigenvalue weighted by Crippen LogP contribution is -2.15. The predicted molar refractivity (Wildman–Crippen MR) is 179 cm³/mol. The summed E-state index contributed by atoms with van der Waals surface area (Å²) in [5.74, 6) is 4.31. The van der Waals surface area contributed by atoms with Crippen LogP contribution in [0.25, 0.3) is 11.1 Å². The third-order valence-corrected chi connectivity index (χ3v) is 8.05. The van der Waals surface area contributed by atoms with Crippen molar-refractivity contribution in [3.05, 3.63) is 95.6 Å². The molecule has 4 aromatic rings. The Balaban J connectivity index is 1.87. The van der Waals surface area contributed by atoms with Gasteiger partial charge in [0, 0.05) is 22.3 Å². The zero-order chi connectivity index (χ0) is 31.2.